The largest absolute Gasteiger partial charge is 0.341 e. The van der Waals surface area contributed by atoms with Crippen LogP contribution in [0.2, 0.25) is 0 Å². The summed E-state index contributed by atoms with van der Waals surface area (Å²) in [5.74, 6) is -3.45. The molecule has 0 bridgehead atoms. The van der Waals surface area contributed by atoms with Crippen molar-refractivity contribution in [2.45, 2.75) is 30.5 Å². The molecular weight excluding hydrogens is 424 g/mol. The third kappa shape index (κ3) is 6.09. The molecule has 1 aliphatic rings. The summed E-state index contributed by atoms with van der Waals surface area (Å²) in [6.07, 6.45) is 0.851. The highest BCUT2D eigenvalue weighted by atomic mass is 32.2. The summed E-state index contributed by atoms with van der Waals surface area (Å²) in [4.78, 5) is 16.3. The molecule has 1 saturated heterocycles. The lowest BCUT2D eigenvalue weighted by Crippen LogP contribution is -2.48. The van der Waals surface area contributed by atoms with Gasteiger partial charge in [-0.05, 0) is 35.7 Å². The van der Waals surface area contributed by atoms with Crippen molar-refractivity contribution in [1.29, 1.82) is 0 Å². The Kier molecular flexibility index (Phi) is 7.74. The van der Waals surface area contributed by atoms with E-state index >= 15 is 0 Å². The molecule has 0 aliphatic carbocycles. The van der Waals surface area contributed by atoms with Gasteiger partial charge in [0.1, 0.15) is 0 Å². The van der Waals surface area contributed by atoms with Gasteiger partial charge >= 0.3 is 5.76 Å². The second-order valence-electron chi connectivity index (χ2n) is 7.56. The molecule has 0 spiro atoms. The van der Waals surface area contributed by atoms with E-state index in [9.17, 15) is 22.0 Å². The van der Waals surface area contributed by atoms with E-state index in [4.69, 9.17) is 0 Å². The van der Waals surface area contributed by atoms with Gasteiger partial charge in [0.15, 0.2) is 0 Å². The first-order chi connectivity index (χ1) is 14.8. The fraction of sp³-hybridized carbons (Fsp3) is 0.409. The minimum absolute atomic E-state index is 0.0369. The first kappa shape index (κ1) is 23.3. The zero-order valence-electron chi connectivity index (χ0n) is 17.4. The third-order valence-electron chi connectivity index (χ3n) is 5.40. The van der Waals surface area contributed by atoms with Gasteiger partial charge in [-0.1, -0.05) is 37.3 Å². The second-order valence-corrected chi connectivity index (χ2v) is 9.48. The average molecular weight is 452 g/mol. The molecule has 1 heterocycles. The quantitative estimate of drug-likeness (QED) is 0.668. The normalized spacial score (nSPS) is 15.9. The lowest BCUT2D eigenvalue weighted by atomic mass is 10.1. The predicted molar refractivity (Wildman–Crippen MR) is 116 cm³/mol. The van der Waals surface area contributed by atoms with Crippen molar-refractivity contribution in [3.8, 4) is 0 Å². The number of carbonyl (C=O) groups excluding carboxylic acids is 1. The molecule has 168 valence electrons. The fourth-order valence-corrected chi connectivity index (χ4v) is 4.32. The van der Waals surface area contributed by atoms with Gasteiger partial charge in [0.25, 0.3) is 0 Å². The fourth-order valence-electron chi connectivity index (χ4n) is 3.59. The van der Waals surface area contributed by atoms with Crippen molar-refractivity contribution in [3.63, 3.8) is 0 Å². The summed E-state index contributed by atoms with van der Waals surface area (Å²) < 4.78 is 48.3. The van der Waals surface area contributed by atoms with Crippen molar-refractivity contribution in [2.24, 2.45) is 0 Å². The summed E-state index contributed by atoms with van der Waals surface area (Å²) in [6, 6.07) is 13.4. The van der Waals surface area contributed by atoms with Gasteiger partial charge in [0.2, 0.25) is 15.7 Å². The molecule has 2 aromatic rings. The summed E-state index contributed by atoms with van der Waals surface area (Å²) >= 11 is 0. The Labute approximate surface area is 181 Å². The number of aryl methyl sites for hydroxylation is 1. The molecule has 1 fully saturated rings. The molecular formula is C22H27F2N3O3S. The maximum absolute atomic E-state index is 12.6. The van der Waals surface area contributed by atoms with Crippen LogP contribution in [0.1, 0.15) is 18.1 Å². The standard InChI is InChI=1S/C22H27F2N3O3S/c1-2-18-5-3-4-6-20(18)25-21(28)16-27-13-11-26(12-14-27)15-17-7-9-19(10-8-17)31(29,30)22(23)24/h3-10,22H,2,11-16H2,1H3,(H,25,28). The van der Waals surface area contributed by atoms with Crippen molar-refractivity contribution in [2.75, 3.05) is 38.0 Å². The number of amides is 1. The van der Waals surface area contributed by atoms with Gasteiger partial charge in [-0.25, -0.2) is 8.42 Å². The molecule has 1 N–H and O–H groups in total. The summed E-state index contributed by atoms with van der Waals surface area (Å²) in [7, 11) is -4.56. The van der Waals surface area contributed by atoms with E-state index < -0.39 is 15.6 Å². The number of hydrogen-bond acceptors (Lipinski definition) is 5. The zero-order valence-corrected chi connectivity index (χ0v) is 18.2. The van der Waals surface area contributed by atoms with Crippen LogP contribution < -0.4 is 5.32 Å². The van der Waals surface area contributed by atoms with Gasteiger partial charge in [0.05, 0.1) is 11.4 Å². The number of piperazine rings is 1. The minimum atomic E-state index is -4.56. The Bertz CT molecular complexity index is 989. The van der Waals surface area contributed by atoms with Gasteiger partial charge in [-0.3, -0.25) is 14.6 Å². The lowest BCUT2D eigenvalue weighted by Gasteiger charge is -2.34. The van der Waals surface area contributed by atoms with Crippen LogP contribution in [0.3, 0.4) is 0 Å². The molecule has 31 heavy (non-hydrogen) atoms. The Hall–Kier alpha value is -2.36. The topological polar surface area (TPSA) is 69.7 Å². The molecule has 0 saturated carbocycles. The SMILES string of the molecule is CCc1ccccc1NC(=O)CN1CCN(Cc2ccc(S(=O)(=O)C(F)F)cc2)CC1. The minimum Gasteiger partial charge on any atom is -0.325 e. The van der Waals surface area contributed by atoms with E-state index in [0.29, 0.717) is 13.1 Å². The molecule has 0 aromatic heterocycles. The third-order valence-corrected chi connectivity index (χ3v) is 6.80. The van der Waals surface area contributed by atoms with Crippen LogP contribution in [0.4, 0.5) is 14.5 Å². The van der Waals surface area contributed by atoms with Crippen LogP contribution >= 0.6 is 0 Å². The number of para-hydroxylation sites is 1. The summed E-state index contributed by atoms with van der Waals surface area (Å²) in [5.41, 5.74) is 2.81. The maximum atomic E-state index is 12.6. The number of benzene rings is 2. The molecule has 2 aromatic carbocycles. The molecule has 0 atom stereocenters. The Morgan fingerprint density at radius 3 is 2.23 bits per heavy atom. The highest BCUT2D eigenvalue weighted by Crippen LogP contribution is 2.20. The number of anilines is 1. The maximum Gasteiger partial charge on any atom is 0.341 e. The van der Waals surface area contributed by atoms with E-state index in [0.717, 1.165) is 49.4 Å². The average Bonchev–Trinajstić information content (AvgIpc) is 2.76. The van der Waals surface area contributed by atoms with E-state index in [2.05, 4.69) is 22.0 Å². The monoisotopic (exact) mass is 451 g/mol. The van der Waals surface area contributed by atoms with Gasteiger partial charge < -0.3 is 5.32 Å². The number of hydrogen-bond donors (Lipinski definition) is 1. The first-order valence-corrected chi connectivity index (χ1v) is 11.8. The lowest BCUT2D eigenvalue weighted by molar-refractivity contribution is -0.117. The van der Waals surface area contributed by atoms with Gasteiger partial charge in [0, 0.05) is 38.4 Å². The van der Waals surface area contributed by atoms with Crippen LogP contribution in [-0.2, 0) is 27.6 Å². The van der Waals surface area contributed by atoms with E-state index in [1.807, 2.05) is 24.3 Å². The molecule has 9 heteroatoms. The number of alkyl halides is 2. The van der Waals surface area contributed by atoms with Crippen molar-refractivity contribution >= 4 is 21.4 Å². The Balaban J connectivity index is 1.47. The Morgan fingerprint density at radius 1 is 1.00 bits per heavy atom. The van der Waals surface area contributed by atoms with Gasteiger partial charge in [-0.15, -0.1) is 0 Å². The van der Waals surface area contributed by atoms with Crippen LogP contribution in [0.25, 0.3) is 0 Å². The molecule has 6 nitrogen and oxygen atoms in total. The number of halogens is 2. The van der Waals surface area contributed by atoms with E-state index in [1.165, 1.54) is 12.1 Å². The number of sulfone groups is 1. The smallest absolute Gasteiger partial charge is 0.325 e. The number of nitrogens with one attached hydrogen (secondary N) is 1. The number of carbonyl (C=O) groups is 1. The van der Waals surface area contributed by atoms with Gasteiger partial charge in [-0.2, -0.15) is 8.78 Å². The van der Waals surface area contributed by atoms with Crippen molar-refractivity contribution < 1.29 is 22.0 Å². The molecule has 3 rings (SSSR count). The highest BCUT2D eigenvalue weighted by Gasteiger charge is 2.26. The highest BCUT2D eigenvalue weighted by molar-refractivity contribution is 7.91. The molecule has 0 radical (unpaired) electrons. The van der Waals surface area contributed by atoms with E-state index in [1.54, 1.807) is 12.1 Å². The van der Waals surface area contributed by atoms with Crippen molar-refractivity contribution in [1.82, 2.24) is 9.80 Å². The zero-order chi connectivity index (χ0) is 22.4. The second kappa shape index (κ2) is 10.3. The summed E-state index contributed by atoms with van der Waals surface area (Å²) in [5, 5.41) is 2.99. The predicted octanol–water partition coefficient (Wildman–Crippen LogP) is 3.00. The number of nitrogens with zero attached hydrogens (tertiary/aromatic N) is 2. The van der Waals surface area contributed by atoms with Crippen LogP contribution in [0, 0.1) is 0 Å². The van der Waals surface area contributed by atoms with Crippen LogP contribution in [0.15, 0.2) is 53.4 Å². The summed E-state index contributed by atoms with van der Waals surface area (Å²) in [6.45, 7) is 5.97. The molecule has 0 unspecified atom stereocenters. The van der Waals surface area contributed by atoms with E-state index in [-0.39, 0.29) is 10.8 Å². The first-order valence-electron chi connectivity index (χ1n) is 10.2. The molecule has 1 aliphatic heterocycles. The Morgan fingerprint density at radius 2 is 1.61 bits per heavy atom. The van der Waals surface area contributed by atoms with Crippen molar-refractivity contribution in [3.05, 3.63) is 59.7 Å². The van der Waals surface area contributed by atoms with Crippen LogP contribution in [0.5, 0.6) is 0 Å². The van der Waals surface area contributed by atoms with Crippen LogP contribution in [-0.4, -0.2) is 62.6 Å². The molecule has 1 amide bonds. The number of rotatable bonds is 8.